The van der Waals surface area contributed by atoms with Gasteiger partial charge in [-0.1, -0.05) is 22.9 Å². The van der Waals surface area contributed by atoms with Crippen molar-refractivity contribution in [2.75, 3.05) is 39.2 Å². The average Bonchev–Trinajstić information content (AvgIpc) is 3.32. The molecule has 0 N–H and O–H groups in total. The van der Waals surface area contributed by atoms with Crippen molar-refractivity contribution < 1.29 is 9.53 Å². The summed E-state index contributed by atoms with van der Waals surface area (Å²) in [6.45, 7) is 4.09. The molecule has 0 saturated heterocycles. The molecule has 0 bridgehead atoms. The van der Waals surface area contributed by atoms with Crippen LogP contribution in [0.1, 0.15) is 23.8 Å². The number of aromatic nitrogens is 3. The Morgan fingerprint density at radius 3 is 2.71 bits per heavy atom. The summed E-state index contributed by atoms with van der Waals surface area (Å²) in [6, 6.07) is 5.31. The van der Waals surface area contributed by atoms with Gasteiger partial charge in [-0.15, -0.1) is 0 Å². The molecule has 9 heteroatoms. The van der Waals surface area contributed by atoms with E-state index in [2.05, 4.69) is 15.0 Å². The average molecular weight is 422 g/mol. The minimum Gasteiger partial charge on any atom is -0.494 e. The lowest BCUT2D eigenvalue weighted by Crippen LogP contribution is -2.33. The number of rotatable bonds is 8. The van der Waals surface area contributed by atoms with Crippen LogP contribution in [0.4, 0.5) is 5.13 Å². The third kappa shape index (κ3) is 4.29. The second-order valence-corrected chi connectivity index (χ2v) is 7.98. The van der Waals surface area contributed by atoms with Crippen molar-refractivity contribution in [1.82, 2.24) is 19.7 Å². The molecule has 0 aliphatic heterocycles. The van der Waals surface area contributed by atoms with Crippen molar-refractivity contribution in [2.45, 2.75) is 19.9 Å². The highest BCUT2D eigenvalue weighted by atomic mass is 35.5. The van der Waals surface area contributed by atoms with Gasteiger partial charge in [0.25, 0.3) is 5.91 Å². The summed E-state index contributed by atoms with van der Waals surface area (Å²) in [7, 11) is 5.62. The molecule has 28 heavy (non-hydrogen) atoms. The minimum absolute atomic E-state index is 0.167. The highest BCUT2D eigenvalue weighted by molar-refractivity contribution is 7.23. The van der Waals surface area contributed by atoms with E-state index in [4.69, 9.17) is 16.3 Å². The number of carbonyl (C=O) groups is 1. The summed E-state index contributed by atoms with van der Waals surface area (Å²) in [5, 5.41) is 5.55. The molecule has 0 radical (unpaired) electrons. The number of hydrogen-bond donors (Lipinski definition) is 0. The van der Waals surface area contributed by atoms with Crippen LogP contribution in [0.2, 0.25) is 5.02 Å². The van der Waals surface area contributed by atoms with Gasteiger partial charge in [0.1, 0.15) is 11.3 Å². The first-order valence-corrected chi connectivity index (χ1v) is 10.3. The molecule has 150 valence electrons. The van der Waals surface area contributed by atoms with Gasteiger partial charge in [-0.05, 0) is 52.2 Å². The van der Waals surface area contributed by atoms with Crippen molar-refractivity contribution in [3.05, 3.63) is 35.1 Å². The van der Waals surface area contributed by atoms with E-state index < -0.39 is 0 Å². The maximum absolute atomic E-state index is 13.2. The van der Waals surface area contributed by atoms with Gasteiger partial charge in [0, 0.05) is 19.3 Å². The van der Waals surface area contributed by atoms with Gasteiger partial charge < -0.3 is 9.64 Å². The van der Waals surface area contributed by atoms with Crippen molar-refractivity contribution in [2.24, 2.45) is 0 Å². The zero-order valence-electron chi connectivity index (χ0n) is 16.5. The standard InChI is InChI=1S/C19H24ClN5O2S/c1-5-24-12-9-14(22-24)18(26)25(11-6-10-23(2)3)19-21-16-15(27-4)8-7-13(20)17(16)28-19/h7-9,12H,5-6,10-11H2,1-4H3. The second kappa shape index (κ2) is 8.89. The van der Waals surface area contributed by atoms with Crippen molar-refractivity contribution in [1.29, 1.82) is 0 Å². The summed E-state index contributed by atoms with van der Waals surface area (Å²) in [5.41, 5.74) is 1.07. The molecule has 1 amide bonds. The number of benzene rings is 1. The molecule has 0 saturated carbocycles. The molecule has 3 rings (SSSR count). The van der Waals surface area contributed by atoms with Crippen LogP contribution in [-0.4, -0.2) is 59.9 Å². The van der Waals surface area contributed by atoms with E-state index in [1.807, 2.05) is 27.2 Å². The Bertz CT molecular complexity index is 969. The van der Waals surface area contributed by atoms with Crippen LogP contribution >= 0.6 is 22.9 Å². The molecule has 0 unspecified atom stereocenters. The number of aryl methyl sites for hydroxylation is 1. The number of ether oxygens (including phenoxy) is 1. The third-order valence-corrected chi connectivity index (χ3v) is 5.85. The van der Waals surface area contributed by atoms with Crippen LogP contribution in [-0.2, 0) is 6.54 Å². The number of amides is 1. The first-order valence-electron chi connectivity index (χ1n) is 9.07. The predicted molar refractivity (Wildman–Crippen MR) is 114 cm³/mol. The molecule has 3 aromatic rings. The highest BCUT2D eigenvalue weighted by Gasteiger charge is 2.24. The van der Waals surface area contributed by atoms with E-state index in [0.29, 0.717) is 40.2 Å². The second-order valence-electron chi connectivity index (χ2n) is 6.59. The molecule has 2 aromatic heterocycles. The Balaban J connectivity index is 1.99. The maximum Gasteiger partial charge on any atom is 0.280 e. The van der Waals surface area contributed by atoms with Crippen molar-refractivity contribution in [3.8, 4) is 5.75 Å². The Kier molecular flexibility index (Phi) is 6.53. The first-order chi connectivity index (χ1) is 13.4. The van der Waals surface area contributed by atoms with Crippen LogP contribution < -0.4 is 9.64 Å². The van der Waals surface area contributed by atoms with E-state index >= 15 is 0 Å². The summed E-state index contributed by atoms with van der Waals surface area (Å²) in [5.74, 6) is 0.470. The SMILES string of the molecule is CCn1ccc(C(=O)N(CCCN(C)C)c2nc3c(OC)ccc(Cl)c3s2)n1. The summed E-state index contributed by atoms with van der Waals surface area (Å²) in [6.07, 6.45) is 2.62. The topological polar surface area (TPSA) is 63.5 Å². The zero-order valence-corrected chi connectivity index (χ0v) is 18.0. The van der Waals surface area contributed by atoms with E-state index in [1.165, 1.54) is 11.3 Å². The lowest BCUT2D eigenvalue weighted by molar-refractivity contribution is 0.0980. The van der Waals surface area contributed by atoms with Gasteiger partial charge in [-0.2, -0.15) is 5.10 Å². The molecule has 2 heterocycles. The number of carbonyl (C=O) groups excluding carboxylic acids is 1. The lowest BCUT2D eigenvalue weighted by Gasteiger charge is -2.20. The Morgan fingerprint density at radius 2 is 2.07 bits per heavy atom. The molecule has 0 atom stereocenters. The number of halogens is 1. The fourth-order valence-corrected chi connectivity index (χ4v) is 4.12. The molecule has 7 nitrogen and oxygen atoms in total. The van der Waals surface area contributed by atoms with Crippen LogP contribution in [0.3, 0.4) is 0 Å². The Hall–Kier alpha value is -2.16. The van der Waals surface area contributed by atoms with Gasteiger partial charge >= 0.3 is 0 Å². The number of anilines is 1. The van der Waals surface area contributed by atoms with Crippen LogP contribution in [0.25, 0.3) is 10.2 Å². The molecular formula is C19H24ClN5O2S. The number of methoxy groups -OCH3 is 1. The van der Waals surface area contributed by atoms with Crippen LogP contribution in [0, 0.1) is 0 Å². The van der Waals surface area contributed by atoms with Gasteiger partial charge in [-0.25, -0.2) is 4.98 Å². The molecule has 0 aliphatic carbocycles. The molecular weight excluding hydrogens is 398 g/mol. The van der Waals surface area contributed by atoms with E-state index in [9.17, 15) is 4.79 Å². The van der Waals surface area contributed by atoms with E-state index in [-0.39, 0.29) is 5.91 Å². The van der Waals surface area contributed by atoms with Crippen LogP contribution in [0.5, 0.6) is 5.75 Å². The Morgan fingerprint density at radius 1 is 1.29 bits per heavy atom. The third-order valence-electron chi connectivity index (χ3n) is 4.31. The van der Waals surface area contributed by atoms with Gasteiger partial charge in [0.2, 0.25) is 0 Å². The monoisotopic (exact) mass is 421 g/mol. The van der Waals surface area contributed by atoms with Gasteiger partial charge in [0.05, 0.1) is 16.8 Å². The number of hydrogen-bond acceptors (Lipinski definition) is 6. The predicted octanol–water partition coefficient (Wildman–Crippen LogP) is 3.77. The number of fused-ring (bicyclic) bond motifs is 1. The zero-order chi connectivity index (χ0) is 20.3. The van der Waals surface area contributed by atoms with Crippen molar-refractivity contribution in [3.63, 3.8) is 0 Å². The Labute approximate surface area is 173 Å². The highest BCUT2D eigenvalue weighted by Crippen LogP contribution is 2.39. The largest absolute Gasteiger partial charge is 0.494 e. The summed E-state index contributed by atoms with van der Waals surface area (Å²) < 4.78 is 7.96. The van der Waals surface area contributed by atoms with Crippen molar-refractivity contribution >= 4 is 44.2 Å². The lowest BCUT2D eigenvalue weighted by atomic mass is 10.3. The van der Waals surface area contributed by atoms with E-state index in [0.717, 1.165) is 17.7 Å². The molecule has 0 spiro atoms. The summed E-state index contributed by atoms with van der Waals surface area (Å²) in [4.78, 5) is 21.7. The fourth-order valence-electron chi connectivity index (χ4n) is 2.84. The van der Waals surface area contributed by atoms with Gasteiger partial charge in [0.15, 0.2) is 10.8 Å². The number of thiazole rings is 1. The quantitative estimate of drug-likeness (QED) is 0.554. The fraction of sp³-hybridized carbons (Fsp3) is 0.421. The molecule has 1 aromatic carbocycles. The number of nitrogens with zero attached hydrogens (tertiary/aromatic N) is 5. The molecule has 0 fully saturated rings. The smallest absolute Gasteiger partial charge is 0.280 e. The van der Waals surface area contributed by atoms with Crippen LogP contribution in [0.15, 0.2) is 24.4 Å². The maximum atomic E-state index is 13.2. The first kappa shape index (κ1) is 20.6. The van der Waals surface area contributed by atoms with E-state index in [1.54, 1.807) is 34.9 Å². The molecule has 0 aliphatic rings. The summed E-state index contributed by atoms with van der Waals surface area (Å²) >= 11 is 7.75. The minimum atomic E-state index is -0.167. The van der Waals surface area contributed by atoms with Gasteiger partial charge in [-0.3, -0.25) is 14.4 Å². The normalized spacial score (nSPS) is 11.4.